The molecule has 69 heavy (non-hydrogen) atoms. The number of para-hydroxylation sites is 1. The van der Waals surface area contributed by atoms with Crippen molar-refractivity contribution in [1.82, 2.24) is 0 Å². The van der Waals surface area contributed by atoms with E-state index in [9.17, 15) is 0 Å². The second-order valence-electron chi connectivity index (χ2n) is 18.7. The lowest BCUT2D eigenvalue weighted by Gasteiger charge is -2.32. The van der Waals surface area contributed by atoms with Crippen LogP contribution in [0.15, 0.2) is 253 Å². The van der Waals surface area contributed by atoms with Gasteiger partial charge in [0.25, 0.3) is 0 Å². The van der Waals surface area contributed by atoms with Crippen LogP contribution in [0.2, 0.25) is 0 Å². The molecule has 320 valence electrons. The highest BCUT2D eigenvalue weighted by molar-refractivity contribution is 6.24. The Balaban J connectivity index is 1.01. The van der Waals surface area contributed by atoms with Crippen LogP contribution in [0, 0.1) is 0 Å². The van der Waals surface area contributed by atoms with Crippen molar-refractivity contribution in [2.75, 3.05) is 4.90 Å². The molecule has 2 heteroatoms. The van der Waals surface area contributed by atoms with Gasteiger partial charge in [-0.05, 0) is 136 Å². The maximum atomic E-state index is 7.15. The number of benzene rings is 12. The zero-order valence-corrected chi connectivity index (χ0v) is 37.5. The predicted molar refractivity (Wildman–Crippen MR) is 288 cm³/mol. The molecule has 0 aliphatic heterocycles. The Morgan fingerprint density at radius 3 is 1.54 bits per heavy atom. The van der Waals surface area contributed by atoms with E-state index in [-0.39, 0.29) is 0 Å². The molecule has 0 radical (unpaired) electrons. The van der Waals surface area contributed by atoms with E-state index >= 15 is 0 Å². The van der Waals surface area contributed by atoms with Crippen LogP contribution >= 0.6 is 0 Å². The van der Waals surface area contributed by atoms with Crippen LogP contribution in [-0.2, 0) is 5.41 Å². The first kappa shape index (κ1) is 38.2. The van der Waals surface area contributed by atoms with E-state index in [1.54, 1.807) is 0 Å². The van der Waals surface area contributed by atoms with Gasteiger partial charge < -0.3 is 9.32 Å². The average molecular weight is 876 g/mol. The van der Waals surface area contributed by atoms with Crippen LogP contribution in [-0.4, -0.2) is 0 Å². The summed E-state index contributed by atoms with van der Waals surface area (Å²) in [5, 5.41) is 9.43. The van der Waals surface area contributed by atoms with E-state index in [1.165, 1.54) is 82.4 Å². The molecule has 0 amide bonds. The summed E-state index contributed by atoms with van der Waals surface area (Å²) < 4.78 is 7.15. The standard InChI is InChI=1S/C67H41NO/c1-2-18-42(19-3-1)48-23-13-17-33-63(48)68(46-34-36-55-54-29-12-16-32-61(54)67(62(55)41-46)59-30-14-10-27-52(59)53-28-11-15-31-60(53)67)45-35-37-64-56(40-45)58-39-44-21-5-7-24-49(44)65(66(58)69-64)57-38-43-20-4-6-22-47(43)50-25-8-9-26-51(50)57/h1-41H. The molecule has 0 saturated carbocycles. The molecule has 0 saturated heterocycles. The van der Waals surface area contributed by atoms with Crippen LogP contribution in [0.5, 0.6) is 0 Å². The second-order valence-corrected chi connectivity index (χ2v) is 18.7. The van der Waals surface area contributed by atoms with Crippen molar-refractivity contribution in [2.24, 2.45) is 0 Å². The molecule has 15 rings (SSSR count). The zero-order valence-electron chi connectivity index (χ0n) is 37.5. The fraction of sp³-hybridized carbons (Fsp3) is 0.0149. The normalized spacial score (nSPS) is 13.0. The number of nitrogens with zero attached hydrogens (tertiary/aromatic N) is 1. The third kappa shape index (κ3) is 5.31. The van der Waals surface area contributed by atoms with Gasteiger partial charge in [0.2, 0.25) is 0 Å². The van der Waals surface area contributed by atoms with Crippen LogP contribution in [0.3, 0.4) is 0 Å². The summed E-state index contributed by atoms with van der Waals surface area (Å²) in [6.45, 7) is 0. The minimum Gasteiger partial charge on any atom is -0.455 e. The zero-order chi connectivity index (χ0) is 45.2. The Morgan fingerprint density at radius 2 is 0.826 bits per heavy atom. The molecular formula is C67H41NO. The van der Waals surface area contributed by atoms with Gasteiger partial charge in [0.15, 0.2) is 0 Å². The quantitative estimate of drug-likeness (QED) is 0.160. The number of furan rings is 1. The summed E-state index contributed by atoms with van der Waals surface area (Å²) in [5.41, 5.74) is 19.6. The summed E-state index contributed by atoms with van der Waals surface area (Å²) in [7, 11) is 0. The molecule has 1 spiro atoms. The van der Waals surface area contributed by atoms with Gasteiger partial charge in [-0.25, -0.2) is 0 Å². The molecule has 12 aromatic carbocycles. The van der Waals surface area contributed by atoms with E-state index in [0.29, 0.717) is 0 Å². The van der Waals surface area contributed by atoms with Gasteiger partial charge in [0, 0.05) is 33.3 Å². The highest BCUT2D eigenvalue weighted by Gasteiger charge is 2.51. The van der Waals surface area contributed by atoms with Crippen molar-refractivity contribution in [3.63, 3.8) is 0 Å². The average Bonchev–Trinajstić information content (AvgIpc) is 4.04. The molecule has 1 aromatic heterocycles. The van der Waals surface area contributed by atoms with Gasteiger partial charge in [0.1, 0.15) is 11.2 Å². The third-order valence-corrected chi connectivity index (χ3v) is 15.2. The first-order valence-corrected chi connectivity index (χ1v) is 23.9. The Hall–Kier alpha value is -8.98. The molecule has 2 aliphatic carbocycles. The molecule has 2 aliphatic rings. The molecule has 2 nitrogen and oxygen atoms in total. The van der Waals surface area contributed by atoms with Crippen LogP contribution in [0.4, 0.5) is 17.1 Å². The van der Waals surface area contributed by atoms with E-state index in [1.807, 2.05) is 0 Å². The summed E-state index contributed by atoms with van der Waals surface area (Å²) in [6.07, 6.45) is 0. The minimum atomic E-state index is -0.477. The third-order valence-electron chi connectivity index (χ3n) is 15.2. The molecule has 0 unspecified atom stereocenters. The van der Waals surface area contributed by atoms with E-state index in [2.05, 4.69) is 254 Å². The van der Waals surface area contributed by atoms with Crippen LogP contribution < -0.4 is 4.90 Å². The van der Waals surface area contributed by atoms with Crippen molar-refractivity contribution in [3.05, 3.63) is 271 Å². The first-order valence-electron chi connectivity index (χ1n) is 23.9. The fourth-order valence-electron chi connectivity index (χ4n) is 12.4. The Bertz CT molecular complexity index is 4210. The summed E-state index contributed by atoms with van der Waals surface area (Å²) >= 11 is 0. The monoisotopic (exact) mass is 875 g/mol. The van der Waals surface area contributed by atoms with E-state index in [4.69, 9.17) is 4.42 Å². The Labute approximate surface area is 399 Å². The predicted octanol–water partition coefficient (Wildman–Crippen LogP) is 18.2. The van der Waals surface area contributed by atoms with Gasteiger partial charge in [0.05, 0.1) is 11.1 Å². The van der Waals surface area contributed by atoms with Gasteiger partial charge in [-0.2, -0.15) is 0 Å². The van der Waals surface area contributed by atoms with Gasteiger partial charge in [-0.1, -0.05) is 200 Å². The van der Waals surface area contributed by atoms with Crippen LogP contribution in [0.1, 0.15) is 22.3 Å². The van der Waals surface area contributed by atoms with Crippen molar-refractivity contribution < 1.29 is 4.42 Å². The second kappa shape index (κ2) is 14.5. The molecule has 0 bridgehead atoms. The van der Waals surface area contributed by atoms with E-state index < -0.39 is 5.41 Å². The largest absolute Gasteiger partial charge is 0.455 e. The molecule has 0 atom stereocenters. The van der Waals surface area contributed by atoms with E-state index in [0.717, 1.165) is 55.7 Å². The maximum Gasteiger partial charge on any atom is 0.143 e. The SMILES string of the molecule is c1ccc(-c2ccccc2N(c2ccc3c(c2)C2(c4ccccc4-c4ccccc42)c2ccccc2-3)c2ccc3oc4c(-c5cc6ccccc6c6ccccc56)c5ccccc5cc4c3c2)cc1. The van der Waals surface area contributed by atoms with Crippen LogP contribution in [0.25, 0.3) is 98.8 Å². The van der Waals surface area contributed by atoms with Gasteiger partial charge in [-0.3, -0.25) is 0 Å². The Kier molecular flexibility index (Phi) is 8.02. The number of hydrogen-bond donors (Lipinski definition) is 0. The molecule has 13 aromatic rings. The lowest BCUT2D eigenvalue weighted by Crippen LogP contribution is -2.26. The summed E-state index contributed by atoms with van der Waals surface area (Å²) in [5.74, 6) is 0. The smallest absolute Gasteiger partial charge is 0.143 e. The summed E-state index contributed by atoms with van der Waals surface area (Å²) in [6, 6.07) is 91.8. The molecule has 1 heterocycles. The van der Waals surface area contributed by atoms with Gasteiger partial charge >= 0.3 is 0 Å². The lowest BCUT2D eigenvalue weighted by atomic mass is 9.70. The van der Waals surface area contributed by atoms with Crippen molar-refractivity contribution >= 4 is 71.3 Å². The number of rotatable bonds is 5. The number of fused-ring (bicyclic) bond motifs is 17. The van der Waals surface area contributed by atoms with Crippen molar-refractivity contribution in [2.45, 2.75) is 5.41 Å². The van der Waals surface area contributed by atoms with Gasteiger partial charge in [-0.15, -0.1) is 0 Å². The Morgan fingerprint density at radius 1 is 0.304 bits per heavy atom. The molecule has 0 fully saturated rings. The van der Waals surface area contributed by atoms with Crippen molar-refractivity contribution in [1.29, 1.82) is 0 Å². The highest BCUT2D eigenvalue weighted by atomic mass is 16.3. The van der Waals surface area contributed by atoms with Crippen molar-refractivity contribution in [3.8, 4) is 44.5 Å². The lowest BCUT2D eigenvalue weighted by molar-refractivity contribution is 0.670. The minimum absolute atomic E-state index is 0.477. The number of hydrogen-bond acceptors (Lipinski definition) is 2. The molecule has 0 N–H and O–H groups in total. The fourth-order valence-corrected chi connectivity index (χ4v) is 12.4. The maximum absolute atomic E-state index is 7.15. The summed E-state index contributed by atoms with van der Waals surface area (Å²) in [4.78, 5) is 2.48. The first-order chi connectivity index (χ1) is 34.2. The number of anilines is 3. The topological polar surface area (TPSA) is 16.4 Å². The molecular weight excluding hydrogens is 835 g/mol. The highest BCUT2D eigenvalue weighted by Crippen LogP contribution is 2.63.